The van der Waals surface area contributed by atoms with E-state index in [4.69, 9.17) is 4.74 Å². The summed E-state index contributed by atoms with van der Waals surface area (Å²) in [6.07, 6.45) is 0. The van der Waals surface area contributed by atoms with Gasteiger partial charge < -0.3 is 10.1 Å². The molecule has 0 aliphatic heterocycles. The van der Waals surface area contributed by atoms with Gasteiger partial charge in [-0.2, -0.15) is 11.3 Å². The molecule has 4 heteroatoms. The molecule has 1 aromatic heterocycles. The van der Waals surface area contributed by atoms with Gasteiger partial charge in [0.1, 0.15) is 12.4 Å². The highest BCUT2D eigenvalue weighted by Crippen LogP contribution is 2.17. The molecule has 1 N–H and O–H groups in total. The Labute approximate surface area is 120 Å². The van der Waals surface area contributed by atoms with E-state index in [1.54, 1.807) is 11.3 Å². The molecular weight excluding hydrogens is 310 g/mol. The fraction of sp³-hybridized carbons (Fsp3) is 0.286. The lowest BCUT2D eigenvalue weighted by Crippen LogP contribution is -2.24. The Kier molecular flexibility index (Phi) is 5.23. The molecule has 0 radical (unpaired) electrons. The lowest BCUT2D eigenvalue weighted by atomic mass is 10.2. The van der Waals surface area contributed by atoms with E-state index in [9.17, 15) is 0 Å². The maximum Gasteiger partial charge on any atom is 0.119 e. The summed E-state index contributed by atoms with van der Waals surface area (Å²) >= 11 is 5.13. The minimum atomic E-state index is 0.379. The zero-order valence-electron chi connectivity index (χ0n) is 10.2. The summed E-state index contributed by atoms with van der Waals surface area (Å²) in [6, 6.07) is 10.4. The van der Waals surface area contributed by atoms with Crippen molar-refractivity contribution < 1.29 is 4.74 Å². The van der Waals surface area contributed by atoms with Crippen molar-refractivity contribution in [2.75, 3.05) is 13.2 Å². The predicted molar refractivity (Wildman–Crippen MR) is 80.4 cm³/mol. The van der Waals surface area contributed by atoms with Crippen LogP contribution in [0.2, 0.25) is 0 Å². The summed E-state index contributed by atoms with van der Waals surface area (Å²) in [5.41, 5.74) is 1.34. The highest BCUT2D eigenvalue weighted by atomic mass is 79.9. The van der Waals surface area contributed by atoms with E-state index in [1.807, 2.05) is 24.3 Å². The number of hydrogen-bond donors (Lipinski definition) is 1. The summed E-state index contributed by atoms with van der Waals surface area (Å²) in [6.45, 7) is 3.69. The molecule has 2 nitrogen and oxygen atoms in total. The quantitative estimate of drug-likeness (QED) is 0.802. The van der Waals surface area contributed by atoms with E-state index in [0.717, 1.165) is 16.8 Å². The summed E-state index contributed by atoms with van der Waals surface area (Å²) < 4.78 is 6.72. The monoisotopic (exact) mass is 325 g/mol. The molecule has 0 saturated carbocycles. The summed E-state index contributed by atoms with van der Waals surface area (Å²) in [5, 5.41) is 7.72. The van der Waals surface area contributed by atoms with Crippen LogP contribution in [0, 0.1) is 0 Å². The van der Waals surface area contributed by atoms with Crippen LogP contribution in [0.5, 0.6) is 5.75 Å². The van der Waals surface area contributed by atoms with E-state index < -0.39 is 0 Å². The van der Waals surface area contributed by atoms with Crippen molar-refractivity contribution in [3.63, 3.8) is 0 Å². The van der Waals surface area contributed by atoms with Gasteiger partial charge in [-0.25, -0.2) is 0 Å². The van der Waals surface area contributed by atoms with E-state index in [0.29, 0.717) is 12.6 Å². The molecule has 2 aromatic rings. The number of halogens is 1. The molecule has 0 bridgehead atoms. The van der Waals surface area contributed by atoms with Crippen LogP contribution in [-0.2, 0) is 0 Å². The van der Waals surface area contributed by atoms with Gasteiger partial charge in [-0.3, -0.25) is 0 Å². The first-order valence-electron chi connectivity index (χ1n) is 5.89. The SMILES string of the molecule is CC(NCCOc1ccc(Br)cc1)c1ccsc1. The van der Waals surface area contributed by atoms with E-state index in [2.05, 4.69) is 45.0 Å². The van der Waals surface area contributed by atoms with Crippen molar-refractivity contribution in [2.45, 2.75) is 13.0 Å². The van der Waals surface area contributed by atoms with Gasteiger partial charge in [0.15, 0.2) is 0 Å². The van der Waals surface area contributed by atoms with Gasteiger partial charge in [0.05, 0.1) is 0 Å². The lowest BCUT2D eigenvalue weighted by molar-refractivity contribution is 0.307. The van der Waals surface area contributed by atoms with Crippen molar-refractivity contribution >= 4 is 27.3 Å². The smallest absolute Gasteiger partial charge is 0.119 e. The topological polar surface area (TPSA) is 21.3 Å². The minimum absolute atomic E-state index is 0.379. The summed E-state index contributed by atoms with van der Waals surface area (Å²) in [5.74, 6) is 0.906. The highest BCUT2D eigenvalue weighted by molar-refractivity contribution is 9.10. The van der Waals surface area contributed by atoms with Crippen LogP contribution < -0.4 is 10.1 Å². The van der Waals surface area contributed by atoms with Crippen LogP contribution in [0.15, 0.2) is 45.6 Å². The second-order valence-electron chi connectivity index (χ2n) is 4.03. The zero-order valence-corrected chi connectivity index (χ0v) is 12.6. The molecule has 1 heterocycles. The van der Waals surface area contributed by atoms with Crippen molar-refractivity contribution in [1.29, 1.82) is 0 Å². The van der Waals surface area contributed by atoms with Crippen LogP contribution in [0.3, 0.4) is 0 Å². The Balaban J connectivity index is 1.68. The molecule has 0 aliphatic carbocycles. The lowest BCUT2D eigenvalue weighted by Gasteiger charge is -2.13. The second kappa shape index (κ2) is 6.92. The van der Waals surface area contributed by atoms with Crippen LogP contribution in [0.4, 0.5) is 0 Å². The Hall–Kier alpha value is -0.840. The van der Waals surface area contributed by atoms with Crippen molar-refractivity contribution in [1.82, 2.24) is 5.32 Å². The van der Waals surface area contributed by atoms with Crippen LogP contribution in [0.25, 0.3) is 0 Å². The number of ether oxygens (including phenoxy) is 1. The van der Waals surface area contributed by atoms with Crippen LogP contribution in [-0.4, -0.2) is 13.2 Å². The number of rotatable bonds is 6. The Morgan fingerprint density at radius 2 is 2.06 bits per heavy atom. The normalized spacial score (nSPS) is 12.3. The first-order valence-corrected chi connectivity index (χ1v) is 7.63. The van der Waals surface area contributed by atoms with Crippen molar-refractivity contribution in [2.24, 2.45) is 0 Å². The standard InChI is InChI=1S/C14H16BrNOS/c1-11(12-6-9-18-10-12)16-7-8-17-14-4-2-13(15)3-5-14/h2-6,9-11,16H,7-8H2,1H3. The molecule has 96 valence electrons. The predicted octanol–water partition coefficient (Wildman–Crippen LogP) is 4.24. The first kappa shape index (κ1) is 13.6. The number of thiophene rings is 1. The molecule has 0 fully saturated rings. The van der Waals surface area contributed by atoms with Gasteiger partial charge in [0.25, 0.3) is 0 Å². The molecule has 2 rings (SSSR count). The molecule has 18 heavy (non-hydrogen) atoms. The molecule has 1 unspecified atom stereocenters. The molecule has 0 aliphatic rings. The fourth-order valence-corrected chi connectivity index (χ4v) is 2.63. The summed E-state index contributed by atoms with van der Waals surface area (Å²) in [4.78, 5) is 0. The van der Waals surface area contributed by atoms with Gasteiger partial charge in [-0.15, -0.1) is 0 Å². The molecule has 0 amide bonds. The first-order chi connectivity index (χ1) is 8.75. The third-order valence-corrected chi connectivity index (χ3v) is 3.91. The third-order valence-electron chi connectivity index (χ3n) is 2.68. The van der Waals surface area contributed by atoms with Crippen LogP contribution in [0.1, 0.15) is 18.5 Å². The minimum Gasteiger partial charge on any atom is -0.492 e. The van der Waals surface area contributed by atoms with Crippen LogP contribution >= 0.6 is 27.3 Å². The Bertz CT molecular complexity index is 455. The Morgan fingerprint density at radius 1 is 1.28 bits per heavy atom. The zero-order chi connectivity index (χ0) is 12.8. The highest BCUT2D eigenvalue weighted by Gasteiger charge is 2.04. The van der Waals surface area contributed by atoms with E-state index in [1.165, 1.54) is 5.56 Å². The summed E-state index contributed by atoms with van der Waals surface area (Å²) in [7, 11) is 0. The maximum atomic E-state index is 5.65. The number of benzene rings is 1. The fourth-order valence-electron chi connectivity index (χ4n) is 1.61. The van der Waals surface area contributed by atoms with Gasteiger partial charge in [0.2, 0.25) is 0 Å². The molecule has 1 atom stereocenters. The van der Waals surface area contributed by atoms with Gasteiger partial charge in [-0.1, -0.05) is 15.9 Å². The van der Waals surface area contributed by atoms with E-state index >= 15 is 0 Å². The average Bonchev–Trinajstić information content (AvgIpc) is 2.90. The number of hydrogen-bond acceptors (Lipinski definition) is 3. The molecule has 0 saturated heterocycles. The average molecular weight is 326 g/mol. The molecule has 1 aromatic carbocycles. The molecular formula is C14H16BrNOS. The number of nitrogens with one attached hydrogen (secondary N) is 1. The van der Waals surface area contributed by atoms with Gasteiger partial charge in [-0.05, 0) is 53.6 Å². The Morgan fingerprint density at radius 3 is 2.72 bits per heavy atom. The van der Waals surface area contributed by atoms with Gasteiger partial charge in [0, 0.05) is 17.1 Å². The van der Waals surface area contributed by atoms with E-state index in [-0.39, 0.29) is 0 Å². The largest absolute Gasteiger partial charge is 0.492 e. The third kappa shape index (κ3) is 4.12. The van der Waals surface area contributed by atoms with Gasteiger partial charge >= 0.3 is 0 Å². The van der Waals surface area contributed by atoms with Crippen molar-refractivity contribution in [3.05, 3.63) is 51.1 Å². The maximum absolute atomic E-state index is 5.65. The van der Waals surface area contributed by atoms with Crippen molar-refractivity contribution in [3.8, 4) is 5.75 Å². The molecule has 0 spiro atoms. The second-order valence-corrected chi connectivity index (χ2v) is 5.73.